The van der Waals surface area contributed by atoms with E-state index in [-0.39, 0.29) is 23.0 Å². The van der Waals surface area contributed by atoms with E-state index in [1.807, 2.05) is 13.8 Å². The highest BCUT2D eigenvalue weighted by Gasteiger charge is 2.23. The van der Waals surface area contributed by atoms with E-state index >= 15 is 0 Å². The van der Waals surface area contributed by atoms with Crippen molar-refractivity contribution in [2.75, 3.05) is 0 Å². The summed E-state index contributed by atoms with van der Waals surface area (Å²) >= 11 is 0. The molecule has 0 saturated carbocycles. The SMILES string of the molecule is CC(C)Cc1onc(-c2ccc(F)cc2)c1C(=O)O. The van der Waals surface area contributed by atoms with Gasteiger partial charge in [0.05, 0.1) is 0 Å². The van der Waals surface area contributed by atoms with Crippen LogP contribution in [0.1, 0.15) is 30.0 Å². The number of aromatic carboxylic acids is 1. The highest BCUT2D eigenvalue weighted by Crippen LogP contribution is 2.27. The minimum Gasteiger partial charge on any atom is -0.477 e. The van der Waals surface area contributed by atoms with Crippen molar-refractivity contribution in [1.29, 1.82) is 0 Å². The van der Waals surface area contributed by atoms with Crippen LogP contribution in [0.3, 0.4) is 0 Å². The van der Waals surface area contributed by atoms with Crippen LogP contribution in [0.2, 0.25) is 0 Å². The fraction of sp³-hybridized carbons (Fsp3) is 0.286. The highest BCUT2D eigenvalue weighted by molar-refractivity contribution is 5.95. The standard InChI is InChI=1S/C14H14FNO3/c1-8(2)7-11-12(14(17)18)13(16-19-11)9-3-5-10(15)6-4-9/h3-6,8H,7H2,1-2H3,(H,17,18). The predicted octanol–water partition coefficient (Wildman–Crippen LogP) is 3.38. The molecule has 0 spiro atoms. The van der Waals surface area contributed by atoms with Gasteiger partial charge in [0.2, 0.25) is 0 Å². The van der Waals surface area contributed by atoms with E-state index in [2.05, 4.69) is 5.16 Å². The van der Waals surface area contributed by atoms with Crippen molar-refractivity contribution in [2.24, 2.45) is 5.92 Å². The van der Waals surface area contributed by atoms with E-state index in [4.69, 9.17) is 4.52 Å². The van der Waals surface area contributed by atoms with E-state index in [1.54, 1.807) is 0 Å². The van der Waals surface area contributed by atoms with Crippen LogP contribution in [0.4, 0.5) is 4.39 Å². The molecule has 0 saturated heterocycles. The maximum absolute atomic E-state index is 12.9. The number of carboxylic acid groups (broad SMARTS) is 1. The van der Waals surface area contributed by atoms with Gasteiger partial charge in [0, 0.05) is 12.0 Å². The first-order valence-electron chi connectivity index (χ1n) is 5.96. The van der Waals surface area contributed by atoms with Crippen molar-refractivity contribution in [3.8, 4) is 11.3 Å². The topological polar surface area (TPSA) is 63.3 Å². The number of rotatable bonds is 4. The first-order valence-corrected chi connectivity index (χ1v) is 5.96. The molecular weight excluding hydrogens is 249 g/mol. The summed E-state index contributed by atoms with van der Waals surface area (Å²) < 4.78 is 18.0. The Bertz CT molecular complexity index is 587. The molecule has 0 atom stereocenters. The third-order valence-electron chi connectivity index (χ3n) is 2.69. The van der Waals surface area contributed by atoms with Gasteiger partial charge in [-0.25, -0.2) is 9.18 Å². The number of halogens is 1. The highest BCUT2D eigenvalue weighted by atomic mass is 19.1. The van der Waals surface area contributed by atoms with Crippen LogP contribution in [-0.2, 0) is 6.42 Å². The number of hydrogen-bond acceptors (Lipinski definition) is 3. The summed E-state index contributed by atoms with van der Waals surface area (Å²) in [4.78, 5) is 11.4. The molecular formula is C14H14FNO3. The third-order valence-corrected chi connectivity index (χ3v) is 2.69. The number of carboxylic acids is 1. The van der Waals surface area contributed by atoms with Crippen molar-refractivity contribution in [3.05, 3.63) is 41.4 Å². The molecule has 2 aromatic rings. The van der Waals surface area contributed by atoms with Crippen molar-refractivity contribution in [2.45, 2.75) is 20.3 Å². The number of hydrogen-bond donors (Lipinski definition) is 1. The molecule has 1 N–H and O–H groups in total. The molecule has 0 unspecified atom stereocenters. The van der Waals surface area contributed by atoms with E-state index in [0.717, 1.165) is 0 Å². The van der Waals surface area contributed by atoms with Gasteiger partial charge in [-0.2, -0.15) is 0 Å². The van der Waals surface area contributed by atoms with Crippen molar-refractivity contribution in [3.63, 3.8) is 0 Å². The molecule has 1 aromatic carbocycles. The average Bonchev–Trinajstić information content (AvgIpc) is 2.73. The Morgan fingerprint density at radius 1 is 1.37 bits per heavy atom. The van der Waals surface area contributed by atoms with Crippen LogP contribution in [0, 0.1) is 11.7 Å². The lowest BCUT2D eigenvalue weighted by Crippen LogP contribution is -2.04. The number of carbonyl (C=O) groups is 1. The molecule has 4 nitrogen and oxygen atoms in total. The zero-order valence-corrected chi connectivity index (χ0v) is 10.7. The Kier molecular flexibility index (Phi) is 3.64. The molecule has 0 aliphatic rings. The first-order chi connectivity index (χ1) is 8.99. The monoisotopic (exact) mass is 263 g/mol. The van der Waals surface area contributed by atoms with E-state index < -0.39 is 5.97 Å². The molecule has 0 aliphatic carbocycles. The van der Waals surface area contributed by atoms with Crippen LogP contribution in [0.5, 0.6) is 0 Å². The second-order valence-electron chi connectivity index (χ2n) is 4.74. The lowest BCUT2D eigenvalue weighted by molar-refractivity contribution is 0.0695. The van der Waals surface area contributed by atoms with E-state index in [1.165, 1.54) is 24.3 Å². The van der Waals surface area contributed by atoms with Gasteiger partial charge in [-0.05, 0) is 30.2 Å². The van der Waals surface area contributed by atoms with Crippen LogP contribution in [-0.4, -0.2) is 16.2 Å². The summed E-state index contributed by atoms with van der Waals surface area (Å²) in [6.45, 7) is 3.93. The smallest absolute Gasteiger partial charge is 0.341 e. The zero-order valence-electron chi connectivity index (χ0n) is 10.7. The lowest BCUT2D eigenvalue weighted by Gasteiger charge is -2.02. The Labute approximate surface area is 109 Å². The Morgan fingerprint density at radius 2 is 2.00 bits per heavy atom. The van der Waals surface area contributed by atoms with Gasteiger partial charge in [-0.15, -0.1) is 0 Å². The molecule has 100 valence electrons. The van der Waals surface area contributed by atoms with Crippen molar-refractivity contribution >= 4 is 5.97 Å². The van der Waals surface area contributed by atoms with Crippen LogP contribution < -0.4 is 0 Å². The van der Waals surface area contributed by atoms with Crippen LogP contribution in [0.15, 0.2) is 28.8 Å². The summed E-state index contributed by atoms with van der Waals surface area (Å²) in [5.41, 5.74) is 0.820. The molecule has 1 aromatic heterocycles. The second-order valence-corrected chi connectivity index (χ2v) is 4.74. The van der Waals surface area contributed by atoms with Gasteiger partial charge in [0.1, 0.15) is 17.1 Å². The van der Waals surface area contributed by atoms with Gasteiger partial charge in [-0.1, -0.05) is 19.0 Å². The predicted molar refractivity (Wildman–Crippen MR) is 67.4 cm³/mol. The molecule has 0 fully saturated rings. The maximum Gasteiger partial charge on any atom is 0.341 e. The fourth-order valence-corrected chi connectivity index (χ4v) is 1.86. The fourth-order valence-electron chi connectivity index (χ4n) is 1.86. The summed E-state index contributed by atoms with van der Waals surface area (Å²) in [7, 11) is 0. The van der Waals surface area contributed by atoms with Gasteiger partial charge in [0.15, 0.2) is 5.76 Å². The van der Waals surface area contributed by atoms with Crippen LogP contribution in [0.25, 0.3) is 11.3 Å². The molecule has 0 amide bonds. The van der Waals surface area contributed by atoms with Crippen molar-refractivity contribution in [1.82, 2.24) is 5.16 Å². The molecule has 0 bridgehead atoms. The van der Waals surface area contributed by atoms with E-state index in [0.29, 0.717) is 17.7 Å². The Hall–Kier alpha value is -2.17. The number of aromatic nitrogens is 1. The second kappa shape index (κ2) is 5.22. The molecule has 5 heteroatoms. The quantitative estimate of drug-likeness (QED) is 0.918. The number of nitrogens with zero attached hydrogens (tertiary/aromatic N) is 1. The van der Waals surface area contributed by atoms with Gasteiger partial charge >= 0.3 is 5.97 Å². The zero-order chi connectivity index (χ0) is 14.0. The summed E-state index contributed by atoms with van der Waals surface area (Å²) in [5, 5.41) is 13.1. The van der Waals surface area contributed by atoms with E-state index in [9.17, 15) is 14.3 Å². The van der Waals surface area contributed by atoms with Crippen molar-refractivity contribution < 1.29 is 18.8 Å². The molecule has 2 rings (SSSR count). The average molecular weight is 263 g/mol. The summed E-state index contributed by atoms with van der Waals surface area (Å²) in [5.74, 6) is -0.864. The minimum atomic E-state index is -1.09. The first kappa shape index (κ1) is 13.3. The largest absolute Gasteiger partial charge is 0.477 e. The Balaban J connectivity index is 2.48. The van der Waals surface area contributed by atoms with Gasteiger partial charge in [-0.3, -0.25) is 0 Å². The molecule has 19 heavy (non-hydrogen) atoms. The van der Waals surface area contributed by atoms with Gasteiger partial charge in [0.25, 0.3) is 0 Å². The lowest BCUT2D eigenvalue weighted by atomic mass is 10.0. The van der Waals surface area contributed by atoms with Gasteiger partial charge < -0.3 is 9.63 Å². The molecule has 0 aliphatic heterocycles. The minimum absolute atomic E-state index is 0.0558. The molecule has 1 heterocycles. The molecule has 0 radical (unpaired) electrons. The van der Waals surface area contributed by atoms with Crippen LogP contribution >= 0.6 is 0 Å². The number of benzene rings is 1. The third kappa shape index (κ3) is 2.81. The Morgan fingerprint density at radius 3 is 2.53 bits per heavy atom. The maximum atomic E-state index is 12.9. The summed E-state index contributed by atoms with van der Waals surface area (Å²) in [6.07, 6.45) is 0.496. The normalized spacial score (nSPS) is 10.9. The summed E-state index contributed by atoms with van der Waals surface area (Å²) in [6, 6.07) is 5.49.